The highest BCUT2D eigenvalue weighted by molar-refractivity contribution is 6.30. The van der Waals surface area contributed by atoms with Gasteiger partial charge in [-0.2, -0.15) is 0 Å². The average molecular weight is 244 g/mol. The second kappa shape index (κ2) is 4.52. The maximum atomic E-state index is 6.06. The number of rotatable bonds is 1. The first-order chi connectivity index (χ1) is 8.34. The molecule has 0 spiro atoms. The lowest BCUT2D eigenvalue weighted by Crippen LogP contribution is -2.24. The number of hydrogen-bond donors (Lipinski definition) is 1. The average Bonchev–Trinajstić information content (AvgIpc) is 2.38. The predicted octanol–water partition coefficient (Wildman–Crippen LogP) is 3.65. The van der Waals surface area contributed by atoms with E-state index in [1.54, 1.807) is 0 Å². The Balaban J connectivity index is 2.14. The van der Waals surface area contributed by atoms with Crippen molar-refractivity contribution in [3.63, 3.8) is 0 Å². The Morgan fingerprint density at radius 3 is 2.82 bits per heavy atom. The van der Waals surface area contributed by atoms with E-state index in [1.807, 2.05) is 18.2 Å². The van der Waals surface area contributed by atoms with Gasteiger partial charge < -0.3 is 5.32 Å². The summed E-state index contributed by atoms with van der Waals surface area (Å²) < 4.78 is 0. The third-order valence-electron chi connectivity index (χ3n) is 3.28. The van der Waals surface area contributed by atoms with Crippen LogP contribution in [0, 0.1) is 0 Å². The zero-order valence-corrected chi connectivity index (χ0v) is 10.3. The molecule has 0 atom stereocenters. The first kappa shape index (κ1) is 10.8. The third-order valence-corrected chi connectivity index (χ3v) is 3.52. The Bertz CT molecular complexity index is 548. The van der Waals surface area contributed by atoms with E-state index in [0.29, 0.717) is 0 Å². The fourth-order valence-electron chi connectivity index (χ4n) is 2.44. The fraction of sp³-hybridized carbons (Fsp3) is 0.200. The van der Waals surface area contributed by atoms with Crippen LogP contribution in [-0.2, 0) is 13.0 Å². The minimum absolute atomic E-state index is 0.795. The smallest absolute Gasteiger partial charge is 0.0412 e. The Labute approximate surface area is 106 Å². The van der Waals surface area contributed by atoms with Gasteiger partial charge in [0, 0.05) is 11.6 Å². The Hall–Kier alpha value is -1.31. The first-order valence-corrected chi connectivity index (χ1v) is 6.30. The van der Waals surface area contributed by atoms with Crippen LogP contribution < -0.4 is 5.32 Å². The number of fused-ring (bicyclic) bond motifs is 1. The quantitative estimate of drug-likeness (QED) is 0.806. The molecule has 0 unspecified atom stereocenters. The van der Waals surface area contributed by atoms with Crippen molar-refractivity contribution in [2.75, 3.05) is 6.54 Å². The maximum Gasteiger partial charge on any atom is 0.0412 e. The largest absolute Gasteiger partial charge is 0.312 e. The molecular weight excluding hydrogens is 230 g/mol. The summed E-state index contributed by atoms with van der Waals surface area (Å²) in [6, 6.07) is 14.6. The summed E-state index contributed by atoms with van der Waals surface area (Å²) in [6.07, 6.45) is 1.11. The molecule has 17 heavy (non-hydrogen) atoms. The van der Waals surface area contributed by atoms with Gasteiger partial charge in [-0.3, -0.25) is 0 Å². The molecule has 86 valence electrons. The molecule has 1 nitrogen and oxygen atoms in total. The van der Waals surface area contributed by atoms with Gasteiger partial charge in [0.1, 0.15) is 0 Å². The molecule has 0 saturated heterocycles. The van der Waals surface area contributed by atoms with Crippen molar-refractivity contribution < 1.29 is 0 Å². The SMILES string of the molecule is Clc1cccc(-c2cccc3c2CNCC3)c1. The molecular formula is C15H14ClN. The number of benzene rings is 2. The predicted molar refractivity (Wildman–Crippen MR) is 72.3 cm³/mol. The van der Waals surface area contributed by atoms with Crippen LogP contribution in [0.2, 0.25) is 5.02 Å². The molecule has 0 bridgehead atoms. The Morgan fingerprint density at radius 2 is 1.94 bits per heavy atom. The van der Waals surface area contributed by atoms with Crippen molar-refractivity contribution in [3.05, 3.63) is 58.6 Å². The lowest BCUT2D eigenvalue weighted by atomic mass is 9.92. The summed E-state index contributed by atoms with van der Waals surface area (Å²) in [5, 5.41) is 4.23. The fourth-order valence-corrected chi connectivity index (χ4v) is 2.63. The zero-order chi connectivity index (χ0) is 11.7. The standard InChI is InChI=1S/C15H14ClN/c16-13-5-1-4-12(9-13)14-6-2-3-11-7-8-17-10-15(11)14/h1-6,9,17H,7-8,10H2. The molecule has 1 aliphatic heterocycles. The summed E-state index contributed by atoms with van der Waals surface area (Å²) in [5.74, 6) is 0. The second-order valence-corrected chi connectivity index (χ2v) is 4.82. The molecule has 1 aliphatic rings. The summed E-state index contributed by atoms with van der Waals surface area (Å²) in [7, 11) is 0. The lowest BCUT2D eigenvalue weighted by Gasteiger charge is -2.20. The van der Waals surface area contributed by atoms with Crippen LogP contribution in [0.1, 0.15) is 11.1 Å². The summed E-state index contributed by atoms with van der Waals surface area (Å²) in [4.78, 5) is 0. The molecule has 3 rings (SSSR count). The van der Waals surface area contributed by atoms with Gasteiger partial charge in [0.05, 0.1) is 0 Å². The van der Waals surface area contributed by atoms with Crippen LogP contribution in [0.25, 0.3) is 11.1 Å². The van der Waals surface area contributed by atoms with Crippen LogP contribution in [-0.4, -0.2) is 6.54 Å². The van der Waals surface area contributed by atoms with E-state index in [-0.39, 0.29) is 0 Å². The van der Waals surface area contributed by atoms with E-state index in [4.69, 9.17) is 11.6 Å². The van der Waals surface area contributed by atoms with Crippen LogP contribution in [0.3, 0.4) is 0 Å². The normalized spacial score (nSPS) is 14.4. The first-order valence-electron chi connectivity index (χ1n) is 5.92. The van der Waals surface area contributed by atoms with E-state index >= 15 is 0 Å². The van der Waals surface area contributed by atoms with E-state index in [9.17, 15) is 0 Å². The van der Waals surface area contributed by atoms with Gasteiger partial charge in [-0.05, 0) is 47.4 Å². The van der Waals surface area contributed by atoms with Crippen LogP contribution in [0.5, 0.6) is 0 Å². The highest BCUT2D eigenvalue weighted by Crippen LogP contribution is 2.29. The molecule has 0 aromatic heterocycles. The van der Waals surface area contributed by atoms with Gasteiger partial charge in [0.15, 0.2) is 0 Å². The molecule has 0 radical (unpaired) electrons. The molecule has 2 aromatic rings. The zero-order valence-electron chi connectivity index (χ0n) is 9.54. The van der Waals surface area contributed by atoms with Crippen molar-refractivity contribution in [1.29, 1.82) is 0 Å². The Morgan fingerprint density at radius 1 is 1.06 bits per heavy atom. The van der Waals surface area contributed by atoms with Gasteiger partial charge in [-0.15, -0.1) is 0 Å². The topological polar surface area (TPSA) is 12.0 Å². The molecule has 0 fully saturated rings. The summed E-state index contributed by atoms with van der Waals surface area (Å²) in [5.41, 5.74) is 5.39. The highest BCUT2D eigenvalue weighted by atomic mass is 35.5. The van der Waals surface area contributed by atoms with Crippen molar-refractivity contribution in [3.8, 4) is 11.1 Å². The Kier molecular flexibility index (Phi) is 2.87. The van der Waals surface area contributed by atoms with Gasteiger partial charge in [0.25, 0.3) is 0 Å². The molecule has 2 heteroatoms. The van der Waals surface area contributed by atoms with Gasteiger partial charge >= 0.3 is 0 Å². The van der Waals surface area contributed by atoms with Crippen molar-refractivity contribution >= 4 is 11.6 Å². The van der Waals surface area contributed by atoms with Crippen molar-refractivity contribution in [2.45, 2.75) is 13.0 Å². The van der Waals surface area contributed by atoms with E-state index in [2.05, 4.69) is 29.6 Å². The lowest BCUT2D eigenvalue weighted by molar-refractivity contribution is 0.645. The number of halogens is 1. The van der Waals surface area contributed by atoms with Gasteiger partial charge in [-0.25, -0.2) is 0 Å². The van der Waals surface area contributed by atoms with E-state index in [1.165, 1.54) is 22.3 Å². The molecule has 1 heterocycles. The molecule has 2 aromatic carbocycles. The maximum absolute atomic E-state index is 6.06. The molecule has 1 N–H and O–H groups in total. The van der Waals surface area contributed by atoms with Gasteiger partial charge in [0.2, 0.25) is 0 Å². The number of hydrogen-bond acceptors (Lipinski definition) is 1. The number of nitrogens with one attached hydrogen (secondary N) is 1. The van der Waals surface area contributed by atoms with Crippen LogP contribution in [0.4, 0.5) is 0 Å². The van der Waals surface area contributed by atoms with Crippen molar-refractivity contribution in [2.24, 2.45) is 0 Å². The molecule has 0 amide bonds. The molecule has 0 saturated carbocycles. The summed E-state index contributed by atoms with van der Waals surface area (Å²) in [6.45, 7) is 2.03. The van der Waals surface area contributed by atoms with E-state index in [0.717, 1.165) is 24.5 Å². The molecule has 0 aliphatic carbocycles. The minimum Gasteiger partial charge on any atom is -0.312 e. The third kappa shape index (κ3) is 2.08. The summed E-state index contributed by atoms with van der Waals surface area (Å²) >= 11 is 6.06. The van der Waals surface area contributed by atoms with Crippen molar-refractivity contribution in [1.82, 2.24) is 5.32 Å². The minimum atomic E-state index is 0.795. The van der Waals surface area contributed by atoms with E-state index < -0.39 is 0 Å². The van der Waals surface area contributed by atoms with Gasteiger partial charge in [-0.1, -0.05) is 41.9 Å². The highest BCUT2D eigenvalue weighted by Gasteiger charge is 2.13. The monoisotopic (exact) mass is 243 g/mol. The van der Waals surface area contributed by atoms with Crippen LogP contribution >= 0.6 is 11.6 Å². The second-order valence-electron chi connectivity index (χ2n) is 4.38. The van der Waals surface area contributed by atoms with Crippen LogP contribution in [0.15, 0.2) is 42.5 Å².